The van der Waals surface area contributed by atoms with Gasteiger partial charge in [-0.25, -0.2) is 9.88 Å². The van der Waals surface area contributed by atoms with Gasteiger partial charge in [-0.2, -0.15) is 13.2 Å². The van der Waals surface area contributed by atoms with E-state index in [9.17, 15) is 28.2 Å². The van der Waals surface area contributed by atoms with Crippen LogP contribution in [0, 0.1) is 11.8 Å². The third-order valence-corrected chi connectivity index (χ3v) is 10.0. The number of alkyl halides is 3. The first-order valence-electron chi connectivity index (χ1n) is 15.3. The highest BCUT2D eigenvalue weighted by atomic mass is 35.5. The van der Waals surface area contributed by atoms with Crippen molar-refractivity contribution >= 4 is 23.4 Å². The molecule has 236 valence electrons. The molecule has 44 heavy (non-hydrogen) atoms. The number of hydrogen-bond donors (Lipinski definition) is 2. The van der Waals surface area contributed by atoms with Gasteiger partial charge in [-0.05, 0) is 86.8 Å². The number of anilines is 1. The average molecular weight is 632 g/mol. The Morgan fingerprint density at radius 3 is 2.52 bits per heavy atom. The predicted molar refractivity (Wildman–Crippen MR) is 161 cm³/mol. The first-order chi connectivity index (χ1) is 21.0. The summed E-state index contributed by atoms with van der Waals surface area (Å²) in [7, 11) is 0. The number of nitrogens with zero attached hydrogens (tertiary/aromatic N) is 3. The topological polar surface area (TPSA) is 86.1 Å². The molecule has 6 rings (SSSR count). The number of aromatic nitrogens is 1. The number of rotatable bonds is 7. The third kappa shape index (κ3) is 6.27. The van der Waals surface area contributed by atoms with Crippen molar-refractivity contribution in [2.45, 2.75) is 82.6 Å². The van der Waals surface area contributed by atoms with Gasteiger partial charge in [0.25, 0.3) is 0 Å². The molecule has 4 aliphatic rings. The summed E-state index contributed by atoms with van der Waals surface area (Å²) in [6, 6.07) is 9.50. The van der Waals surface area contributed by atoms with Crippen LogP contribution in [0.15, 0.2) is 54.1 Å². The highest BCUT2D eigenvalue weighted by Gasteiger charge is 2.45. The van der Waals surface area contributed by atoms with Crippen molar-refractivity contribution in [3.63, 3.8) is 0 Å². The molecule has 3 heterocycles. The summed E-state index contributed by atoms with van der Waals surface area (Å²) in [5.74, 6) is -1.58. The minimum atomic E-state index is -4.35. The Labute approximate surface area is 260 Å². The quantitative estimate of drug-likeness (QED) is 0.344. The minimum absolute atomic E-state index is 0.200. The molecule has 0 amide bonds. The van der Waals surface area contributed by atoms with E-state index in [-0.39, 0.29) is 24.8 Å². The van der Waals surface area contributed by atoms with Gasteiger partial charge in [0, 0.05) is 41.8 Å². The molecular formula is C33H37ClF3N3O4. The van der Waals surface area contributed by atoms with Crippen molar-refractivity contribution in [3.8, 4) is 11.1 Å². The lowest BCUT2D eigenvalue weighted by Gasteiger charge is -2.33. The van der Waals surface area contributed by atoms with Crippen molar-refractivity contribution in [2.24, 2.45) is 11.8 Å². The van der Waals surface area contributed by atoms with Crippen LogP contribution in [0.2, 0.25) is 5.02 Å². The van der Waals surface area contributed by atoms with Crippen LogP contribution in [0.3, 0.4) is 0 Å². The second-order valence-electron chi connectivity index (χ2n) is 12.4. The van der Waals surface area contributed by atoms with E-state index in [0.29, 0.717) is 29.1 Å². The lowest BCUT2D eigenvalue weighted by molar-refractivity contribution is -0.163. The Bertz CT molecular complexity index is 1450. The van der Waals surface area contributed by atoms with Gasteiger partial charge in [0.15, 0.2) is 0 Å². The molecule has 2 N–H and O–H groups in total. The fourth-order valence-corrected chi connectivity index (χ4v) is 7.10. The summed E-state index contributed by atoms with van der Waals surface area (Å²) in [5.41, 5.74) is 3.89. The molecule has 2 aliphatic carbocycles. The predicted octanol–water partition coefficient (Wildman–Crippen LogP) is 6.90. The Morgan fingerprint density at radius 1 is 1.11 bits per heavy atom. The summed E-state index contributed by atoms with van der Waals surface area (Å²) >= 11 is 6.79. The molecule has 7 nitrogen and oxygen atoms in total. The number of carbonyl (C=O) groups is 1. The number of aliphatic carboxylic acids is 1. The maximum absolute atomic E-state index is 13.5. The van der Waals surface area contributed by atoms with E-state index in [2.05, 4.69) is 11.0 Å². The number of ether oxygens (including phenoxy) is 1. The Morgan fingerprint density at radius 2 is 1.86 bits per heavy atom. The lowest BCUT2D eigenvalue weighted by atomic mass is 9.78. The molecule has 4 atom stereocenters. The number of allylic oxidation sites excluding steroid dienone is 3. The molecule has 0 bridgehead atoms. The number of carboxylic acids is 1. The monoisotopic (exact) mass is 631 g/mol. The Balaban J connectivity index is 1.28. The molecule has 2 saturated heterocycles. The molecule has 1 saturated carbocycles. The van der Waals surface area contributed by atoms with Crippen LogP contribution < -0.4 is 4.90 Å². The molecule has 1 aromatic carbocycles. The zero-order valence-corrected chi connectivity index (χ0v) is 25.3. The van der Waals surface area contributed by atoms with Crippen molar-refractivity contribution in [1.82, 2.24) is 9.88 Å². The van der Waals surface area contributed by atoms with E-state index < -0.39 is 36.6 Å². The maximum Gasteiger partial charge on any atom is 0.395 e. The normalized spacial score (nSPS) is 29.4. The van der Waals surface area contributed by atoms with E-state index in [1.165, 1.54) is 6.08 Å². The average Bonchev–Trinajstić information content (AvgIpc) is 3.25. The van der Waals surface area contributed by atoms with Crippen LogP contribution in [0.5, 0.6) is 0 Å². The van der Waals surface area contributed by atoms with Crippen LogP contribution in [0.1, 0.15) is 62.6 Å². The van der Waals surface area contributed by atoms with Crippen molar-refractivity contribution < 1.29 is 32.9 Å². The van der Waals surface area contributed by atoms with Crippen LogP contribution in [-0.4, -0.2) is 63.9 Å². The number of carboxylic acid groups (broad SMARTS) is 1. The van der Waals surface area contributed by atoms with Gasteiger partial charge in [-0.1, -0.05) is 35.9 Å². The van der Waals surface area contributed by atoms with E-state index in [1.54, 1.807) is 11.0 Å². The second kappa shape index (κ2) is 12.5. The lowest BCUT2D eigenvalue weighted by Crippen LogP contribution is -2.39. The molecule has 11 heteroatoms. The Kier molecular flexibility index (Phi) is 8.80. The summed E-state index contributed by atoms with van der Waals surface area (Å²) in [5, 5.41) is 21.0. The maximum atomic E-state index is 13.5. The summed E-state index contributed by atoms with van der Waals surface area (Å²) in [4.78, 5) is 20.4. The van der Waals surface area contributed by atoms with E-state index in [0.717, 1.165) is 60.9 Å². The van der Waals surface area contributed by atoms with Crippen LogP contribution >= 0.6 is 11.6 Å². The van der Waals surface area contributed by atoms with E-state index >= 15 is 0 Å². The molecule has 0 radical (unpaired) electrons. The first-order valence-corrected chi connectivity index (χ1v) is 15.7. The fourth-order valence-electron chi connectivity index (χ4n) is 6.88. The smallest absolute Gasteiger partial charge is 0.395 e. The van der Waals surface area contributed by atoms with Crippen LogP contribution in [0.25, 0.3) is 11.1 Å². The zero-order valence-electron chi connectivity index (χ0n) is 24.5. The van der Waals surface area contributed by atoms with Gasteiger partial charge in [0.1, 0.15) is 5.82 Å². The second-order valence-corrected chi connectivity index (χ2v) is 12.8. The van der Waals surface area contributed by atoms with Gasteiger partial charge < -0.3 is 19.8 Å². The molecule has 3 fully saturated rings. The summed E-state index contributed by atoms with van der Waals surface area (Å²) in [6.07, 6.45) is 1.57. The number of aliphatic hydroxyl groups is 1. The molecule has 1 aromatic heterocycles. The molecule has 2 aromatic rings. The van der Waals surface area contributed by atoms with Gasteiger partial charge in [0.2, 0.25) is 6.41 Å². The number of halogens is 4. The largest absolute Gasteiger partial charge is 0.481 e. The molecular weight excluding hydrogens is 595 g/mol. The standard InChI is InChI=1S/C33H37ClF3N3O4/c1-19-30(23-4-2-5-24(16-23)33(35,36)37)44-32(43)40(19)18-28-25(11-13-29(38-28)39-14-3-15-39)26-17-22(10-12-27(26)34)20-6-8-21(9-7-20)31(41)42/h2,4-5,10-13,17,19-21,24,30,32,43H,3,6-9,14-16,18H2,1H3,(H,41,42)/t19-,20?,21?,24?,30-,32?/m0/s1. The first kappa shape index (κ1) is 31.1. The third-order valence-electron chi connectivity index (χ3n) is 9.71. The highest BCUT2D eigenvalue weighted by Crippen LogP contribution is 2.42. The molecule has 2 unspecified atom stereocenters. The van der Waals surface area contributed by atoms with Crippen LogP contribution in [-0.2, 0) is 16.1 Å². The van der Waals surface area contributed by atoms with Gasteiger partial charge in [-0.15, -0.1) is 0 Å². The molecule has 2 aliphatic heterocycles. The fraction of sp³-hybridized carbons (Fsp3) is 0.515. The van der Waals surface area contributed by atoms with Crippen LogP contribution in [0.4, 0.5) is 19.0 Å². The van der Waals surface area contributed by atoms with Crippen molar-refractivity contribution in [3.05, 3.63) is 70.4 Å². The zero-order chi connectivity index (χ0) is 31.2. The SMILES string of the molecule is C[C@H]1[C@@H](C2=CC=CC(C(F)(F)F)C2)OC(O)N1Cc1nc(N2CCC2)ccc1-c1cc(C2CCC(C(=O)O)CC2)ccc1Cl. The van der Waals surface area contributed by atoms with E-state index in [1.807, 2.05) is 31.2 Å². The highest BCUT2D eigenvalue weighted by molar-refractivity contribution is 6.33. The summed E-state index contributed by atoms with van der Waals surface area (Å²) in [6.45, 7) is 3.85. The Hall–Kier alpha value is -2.92. The van der Waals surface area contributed by atoms with E-state index in [4.69, 9.17) is 21.3 Å². The minimum Gasteiger partial charge on any atom is -0.481 e. The van der Waals surface area contributed by atoms with Gasteiger partial charge in [0.05, 0.1) is 23.6 Å². The number of benzene rings is 1. The summed E-state index contributed by atoms with van der Waals surface area (Å²) < 4.78 is 46.3. The van der Waals surface area contributed by atoms with Crippen molar-refractivity contribution in [1.29, 1.82) is 0 Å². The number of hydrogen-bond acceptors (Lipinski definition) is 6. The number of aliphatic hydroxyl groups excluding tert-OH is 1. The molecule has 0 spiro atoms. The van der Waals surface area contributed by atoms with Crippen molar-refractivity contribution in [2.75, 3.05) is 18.0 Å². The number of pyridine rings is 1. The van der Waals surface area contributed by atoms with Gasteiger partial charge >= 0.3 is 12.1 Å². The van der Waals surface area contributed by atoms with Gasteiger partial charge in [-0.3, -0.25) is 4.79 Å².